The summed E-state index contributed by atoms with van der Waals surface area (Å²) in [4.78, 5) is 15.2. The van der Waals surface area contributed by atoms with Crippen LogP contribution in [0.4, 0.5) is 17.8 Å². The highest BCUT2D eigenvalue weighted by Crippen LogP contribution is 2.19. The summed E-state index contributed by atoms with van der Waals surface area (Å²) in [5.74, 6) is 2.29. The van der Waals surface area contributed by atoms with Crippen molar-refractivity contribution in [1.82, 2.24) is 15.0 Å². The number of hydrogen-bond acceptors (Lipinski definition) is 6. The van der Waals surface area contributed by atoms with Crippen molar-refractivity contribution in [3.63, 3.8) is 0 Å². The lowest BCUT2D eigenvalue weighted by Gasteiger charge is -2.27. The van der Waals surface area contributed by atoms with Crippen molar-refractivity contribution in [2.24, 2.45) is 5.92 Å². The lowest BCUT2D eigenvalue weighted by molar-refractivity contribution is 0.482. The molecule has 0 spiro atoms. The maximum absolute atomic E-state index is 5.84. The Balaban J connectivity index is 2.04. The fourth-order valence-corrected chi connectivity index (χ4v) is 2.73. The highest BCUT2D eigenvalue weighted by atomic mass is 15.3. The molecule has 6 heteroatoms. The lowest BCUT2D eigenvalue weighted by Crippen LogP contribution is -2.32. The fraction of sp³-hybridized carbons (Fsp3) is 0.800. The van der Waals surface area contributed by atoms with Crippen LogP contribution in [0.3, 0.4) is 0 Å². The van der Waals surface area contributed by atoms with Crippen molar-refractivity contribution in [3.8, 4) is 0 Å². The van der Waals surface area contributed by atoms with Gasteiger partial charge in [-0.3, -0.25) is 0 Å². The van der Waals surface area contributed by atoms with Crippen molar-refractivity contribution in [3.05, 3.63) is 0 Å². The van der Waals surface area contributed by atoms with Gasteiger partial charge in [-0.25, -0.2) is 0 Å². The van der Waals surface area contributed by atoms with Gasteiger partial charge in [-0.15, -0.1) is 0 Å². The van der Waals surface area contributed by atoms with Crippen LogP contribution >= 0.6 is 0 Å². The average molecular weight is 292 g/mol. The molecule has 2 unspecified atom stereocenters. The van der Waals surface area contributed by atoms with Gasteiger partial charge < -0.3 is 16.0 Å². The molecule has 21 heavy (non-hydrogen) atoms. The Morgan fingerprint density at radius 2 is 1.86 bits per heavy atom. The standard InChI is InChI=1S/C15H28N6/c1-4-11(2)10-12(3)17-14-18-13(16)19-15(20-14)21-8-6-5-7-9-21/h11-12H,4-10H2,1-3H3,(H3,16,17,18,19,20). The molecule has 1 saturated heterocycles. The second-order valence-corrected chi connectivity index (χ2v) is 6.16. The summed E-state index contributed by atoms with van der Waals surface area (Å²) in [6.45, 7) is 8.65. The molecular weight excluding hydrogens is 264 g/mol. The number of piperidine rings is 1. The van der Waals surface area contributed by atoms with Crippen LogP contribution in [-0.4, -0.2) is 34.1 Å². The minimum atomic E-state index is 0.295. The Morgan fingerprint density at radius 3 is 2.52 bits per heavy atom. The molecule has 6 nitrogen and oxygen atoms in total. The third-order valence-electron chi connectivity index (χ3n) is 4.11. The van der Waals surface area contributed by atoms with Gasteiger partial charge in [0.15, 0.2) is 0 Å². The van der Waals surface area contributed by atoms with E-state index in [0.717, 1.165) is 19.5 Å². The van der Waals surface area contributed by atoms with Gasteiger partial charge in [-0.05, 0) is 38.5 Å². The van der Waals surface area contributed by atoms with Crippen molar-refractivity contribution < 1.29 is 0 Å². The van der Waals surface area contributed by atoms with Crippen LogP contribution < -0.4 is 16.0 Å². The van der Waals surface area contributed by atoms with Crippen molar-refractivity contribution >= 4 is 17.8 Å². The van der Waals surface area contributed by atoms with E-state index in [0.29, 0.717) is 29.8 Å². The molecule has 3 N–H and O–H groups in total. The summed E-state index contributed by atoms with van der Waals surface area (Å²) in [5, 5.41) is 3.36. The summed E-state index contributed by atoms with van der Waals surface area (Å²) in [6.07, 6.45) is 5.96. The van der Waals surface area contributed by atoms with E-state index in [1.807, 2.05) is 0 Å². The molecule has 0 aromatic carbocycles. The van der Waals surface area contributed by atoms with E-state index in [1.54, 1.807) is 0 Å². The van der Waals surface area contributed by atoms with E-state index >= 15 is 0 Å². The Hall–Kier alpha value is -1.59. The molecule has 2 atom stereocenters. The molecule has 0 aliphatic carbocycles. The number of nitrogens with two attached hydrogens (primary N) is 1. The maximum Gasteiger partial charge on any atom is 0.231 e. The highest BCUT2D eigenvalue weighted by molar-refractivity contribution is 5.42. The van der Waals surface area contributed by atoms with E-state index in [4.69, 9.17) is 5.73 Å². The van der Waals surface area contributed by atoms with Crippen molar-refractivity contribution in [2.45, 2.75) is 58.9 Å². The number of hydrogen-bond donors (Lipinski definition) is 2. The average Bonchev–Trinajstić information content (AvgIpc) is 2.47. The van der Waals surface area contributed by atoms with Gasteiger partial charge in [0.05, 0.1) is 0 Å². The zero-order valence-electron chi connectivity index (χ0n) is 13.5. The van der Waals surface area contributed by atoms with Crippen LogP contribution in [0.2, 0.25) is 0 Å². The molecule has 0 bridgehead atoms. The molecular formula is C15H28N6. The summed E-state index contributed by atoms with van der Waals surface area (Å²) < 4.78 is 0. The lowest BCUT2D eigenvalue weighted by atomic mass is 10.0. The predicted molar refractivity (Wildman–Crippen MR) is 87.5 cm³/mol. The first kappa shape index (κ1) is 15.8. The molecule has 2 heterocycles. The first-order valence-corrected chi connectivity index (χ1v) is 8.11. The largest absolute Gasteiger partial charge is 0.368 e. The van der Waals surface area contributed by atoms with E-state index < -0.39 is 0 Å². The van der Waals surface area contributed by atoms with Crippen LogP contribution in [0.1, 0.15) is 52.9 Å². The normalized spacial score (nSPS) is 18.3. The molecule has 2 rings (SSSR count). The van der Waals surface area contributed by atoms with Gasteiger partial charge in [0.25, 0.3) is 0 Å². The van der Waals surface area contributed by atoms with E-state index in [-0.39, 0.29) is 0 Å². The molecule has 0 saturated carbocycles. The molecule has 0 amide bonds. The van der Waals surface area contributed by atoms with Gasteiger partial charge in [-0.1, -0.05) is 20.3 Å². The van der Waals surface area contributed by atoms with Crippen LogP contribution in [0.5, 0.6) is 0 Å². The minimum absolute atomic E-state index is 0.295. The first-order chi connectivity index (χ1) is 10.1. The third kappa shape index (κ3) is 4.72. The van der Waals surface area contributed by atoms with Gasteiger partial charge in [0, 0.05) is 19.1 Å². The number of nitrogen functional groups attached to an aromatic ring is 1. The second-order valence-electron chi connectivity index (χ2n) is 6.16. The van der Waals surface area contributed by atoms with Crippen molar-refractivity contribution in [1.29, 1.82) is 0 Å². The second kappa shape index (κ2) is 7.43. The molecule has 118 valence electrons. The van der Waals surface area contributed by atoms with Crippen molar-refractivity contribution in [2.75, 3.05) is 29.0 Å². The van der Waals surface area contributed by atoms with Gasteiger partial charge >= 0.3 is 0 Å². The predicted octanol–water partition coefficient (Wildman–Crippen LogP) is 2.68. The van der Waals surface area contributed by atoms with Crippen LogP contribution in [-0.2, 0) is 0 Å². The summed E-state index contributed by atoms with van der Waals surface area (Å²) in [6, 6.07) is 0.330. The quantitative estimate of drug-likeness (QED) is 0.839. The summed E-state index contributed by atoms with van der Waals surface area (Å²) in [5.41, 5.74) is 5.84. The summed E-state index contributed by atoms with van der Waals surface area (Å²) in [7, 11) is 0. The Bertz CT molecular complexity index is 444. The van der Waals surface area contributed by atoms with Gasteiger partial charge in [-0.2, -0.15) is 15.0 Å². The molecule has 1 aliphatic heterocycles. The number of anilines is 3. The Kier molecular flexibility index (Phi) is 5.59. The molecule has 1 aromatic rings. The molecule has 1 aliphatic rings. The number of nitrogens with one attached hydrogen (secondary N) is 1. The third-order valence-corrected chi connectivity index (χ3v) is 4.11. The zero-order chi connectivity index (χ0) is 15.2. The number of rotatable bonds is 6. The van der Waals surface area contributed by atoms with Crippen LogP contribution in [0.25, 0.3) is 0 Å². The van der Waals surface area contributed by atoms with E-state index in [1.165, 1.54) is 25.7 Å². The Labute approximate surface area is 127 Å². The molecule has 1 fully saturated rings. The number of aromatic nitrogens is 3. The fourth-order valence-electron chi connectivity index (χ4n) is 2.73. The molecule has 0 radical (unpaired) electrons. The van der Waals surface area contributed by atoms with E-state index in [2.05, 4.69) is 45.9 Å². The maximum atomic E-state index is 5.84. The van der Waals surface area contributed by atoms with Crippen LogP contribution in [0, 0.1) is 5.92 Å². The van der Waals surface area contributed by atoms with Gasteiger partial charge in [0.1, 0.15) is 0 Å². The summed E-state index contributed by atoms with van der Waals surface area (Å²) >= 11 is 0. The smallest absolute Gasteiger partial charge is 0.231 e. The first-order valence-electron chi connectivity index (χ1n) is 8.11. The molecule has 1 aromatic heterocycles. The monoisotopic (exact) mass is 292 g/mol. The Morgan fingerprint density at radius 1 is 1.14 bits per heavy atom. The topological polar surface area (TPSA) is 80.0 Å². The number of nitrogens with zero attached hydrogens (tertiary/aromatic N) is 4. The van der Waals surface area contributed by atoms with Gasteiger partial charge in [0.2, 0.25) is 17.8 Å². The van der Waals surface area contributed by atoms with Crippen LogP contribution in [0.15, 0.2) is 0 Å². The SMILES string of the molecule is CCC(C)CC(C)Nc1nc(N)nc(N2CCCCC2)n1. The highest BCUT2D eigenvalue weighted by Gasteiger charge is 2.16. The van der Waals surface area contributed by atoms with E-state index in [9.17, 15) is 0 Å². The zero-order valence-corrected chi connectivity index (χ0v) is 13.5. The minimum Gasteiger partial charge on any atom is -0.368 e.